The maximum atomic E-state index is 13.3. The first-order valence-corrected chi connectivity index (χ1v) is 10.7. The third-order valence-corrected chi connectivity index (χ3v) is 6.45. The Morgan fingerprint density at radius 1 is 0.931 bits per heavy atom. The van der Waals surface area contributed by atoms with Gasteiger partial charge in [0.15, 0.2) is 0 Å². The summed E-state index contributed by atoms with van der Waals surface area (Å²) in [7, 11) is -3.80. The van der Waals surface area contributed by atoms with Gasteiger partial charge in [-0.15, -0.1) is 0 Å². The number of nitrogens with two attached hydrogens (primary N) is 1. The van der Waals surface area contributed by atoms with Crippen molar-refractivity contribution >= 4 is 15.9 Å². The van der Waals surface area contributed by atoms with E-state index in [0.29, 0.717) is 0 Å². The highest BCUT2D eigenvalue weighted by atomic mass is 32.2. The van der Waals surface area contributed by atoms with Gasteiger partial charge in [-0.1, -0.05) is 37.3 Å². The van der Waals surface area contributed by atoms with Crippen LogP contribution in [0.3, 0.4) is 0 Å². The quantitative estimate of drug-likeness (QED) is 0.618. The number of amides is 1. The van der Waals surface area contributed by atoms with Gasteiger partial charge in [0, 0.05) is 31.0 Å². The van der Waals surface area contributed by atoms with Crippen LogP contribution in [-0.4, -0.2) is 23.6 Å². The Labute approximate surface area is 171 Å². The van der Waals surface area contributed by atoms with Crippen molar-refractivity contribution in [1.29, 1.82) is 0 Å². The molecule has 6 nitrogen and oxygen atoms in total. The molecule has 0 aliphatic heterocycles. The van der Waals surface area contributed by atoms with E-state index in [4.69, 9.17) is 5.73 Å². The third kappa shape index (κ3) is 5.07. The van der Waals surface area contributed by atoms with E-state index in [-0.39, 0.29) is 23.5 Å². The molecule has 0 saturated heterocycles. The lowest BCUT2D eigenvalue weighted by Gasteiger charge is -2.22. The van der Waals surface area contributed by atoms with Gasteiger partial charge in [0.25, 0.3) is 0 Å². The van der Waals surface area contributed by atoms with E-state index >= 15 is 0 Å². The van der Waals surface area contributed by atoms with Crippen molar-refractivity contribution < 1.29 is 13.2 Å². The van der Waals surface area contributed by atoms with Gasteiger partial charge in [-0.3, -0.25) is 9.78 Å². The smallest absolute Gasteiger partial charge is 0.248 e. The number of primary amides is 1. The first-order valence-electron chi connectivity index (χ1n) is 9.27. The van der Waals surface area contributed by atoms with Crippen LogP contribution in [0.25, 0.3) is 0 Å². The topological polar surface area (TPSA) is 93.4 Å². The number of pyridine rings is 1. The molecule has 1 amide bonds. The predicted octanol–water partition coefficient (Wildman–Crippen LogP) is 3.13. The second-order valence-corrected chi connectivity index (χ2v) is 8.63. The number of sulfonamides is 1. The maximum Gasteiger partial charge on any atom is 0.248 e. The lowest BCUT2D eigenvalue weighted by atomic mass is 10.1. The molecule has 150 valence electrons. The molecule has 0 aliphatic carbocycles. The highest BCUT2D eigenvalue weighted by Crippen LogP contribution is 2.22. The van der Waals surface area contributed by atoms with Crippen LogP contribution in [0.15, 0.2) is 78.0 Å². The first kappa shape index (κ1) is 20.7. The lowest BCUT2D eigenvalue weighted by Crippen LogP contribution is -2.30. The highest BCUT2D eigenvalue weighted by Gasteiger charge is 2.25. The summed E-state index contributed by atoms with van der Waals surface area (Å²) in [6.45, 7) is 2.48. The molecule has 0 radical (unpaired) electrons. The molecule has 2 aromatic carbocycles. The number of hydrogen-bond donors (Lipinski definition) is 1. The van der Waals surface area contributed by atoms with E-state index < -0.39 is 15.9 Å². The summed E-state index contributed by atoms with van der Waals surface area (Å²) in [5, 5.41) is 0. The predicted molar refractivity (Wildman–Crippen MR) is 111 cm³/mol. The monoisotopic (exact) mass is 409 g/mol. The van der Waals surface area contributed by atoms with Crippen LogP contribution in [0, 0.1) is 0 Å². The van der Waals surface area contributed by atoms with Crippen LogP contribution < -0.4 is 5.73 Å². The Morgan fingerprint density at radius 2 is 1.55 bits per heavy atom. The molecule has 0 saturated carbocycles. The SMILES string of the molecule is CCc1ccc(CN(Cc2cccnc2)S(=O)(=O)c2ccc(C(N)=O)cc2)cc1. The first-order chi connectivity index (χ1) is 13.9. The summed E-state index contributed by atoms with van der Waals surface area (Å²) >= 11 is 0. The number of carbonyl (C=O) groups excluding carboxylic acids is 1. The number of hydrogen-bond acceptors (Lipinski definition) is 4. The largest absolute Gasteiger partial charge is 0.366 e. The fourth-order valence-electron chi connectivity index (χ4n) is 2.95. The van der Waals surface area contributed by atoms with E-state index in [0.717, 1.165) is 17.5 Å². The standard InChI is InChI=1S/C22H23N3O3S/c1-2-17-5-7-18(8-6-17)15-25(16-19-4-3-13-24-14-19)29(27,28)21-11-9-20(10-12-21)22(23)26/h3-14H,2,15-16H2,1H3,(H2,23,26). The Kier molecular flexibility index (Phi) is 6.41. The zero-order chi connectivity index (χ0) is 20.9. The molecular weight excluding hydrogens is 386 g/mol. The summed E-state index contributed by atoms with van der Waals surface area (Å²) in [4.78, 5) is 15.5. The van der Waals surface area contributed by atoms with E-state index in [1.807, 2.05) is 30.3 Å². The van der Waals surface area contributed by atoms with Crippen LogP contribution in [0.1, 0.15) is 34.0 Å². The van der Waals surface area contributed by atoms with Gasteiger partial charge in [-0.05, 0) is 53.4 Å². The second kappa shape index (κ2) is 8.98. The Balaban J connectivity index is 1.94. The van der Waals surface area contributed by atoms with Crippen LogP contribution in [-0.2, 0) is 29.5 Å². The lowest BCUT2D eigenvalue weighted by molar-refractivity contribution is 0.1000. The third-order valence-electron chi connectivity index (χ3n) is 4.65. The average Bonchev–Trinajstić information content (AvgIpc) is 2.74. The maximum absolute atomic E-state index is 13.3. The van der Waals surface area contributed by atoms with Gasteiger partial charge >= 0.3 is 0 Å². The Morgan fingerprint density at radius 3 is 2.10 bits per heavy atom. The Hall–Kier alpha value is -3.03. The van der Waals surface area contributed by atoms with Crippen LogP contribution >= 0.6 is 0 Å². The normalized spacial score (nSPS) is 11.5. The van der Waals surface area contributed by atoms with E-state index in [1.165, 1.54) is 34.1 Å². The number of nitrogens with zero attached hydrogens (tertiary/aromatic N) is 2. The molecule has 1 heterocycles. The van der Waals surface area contributed by atoms with Crippen molar-refractivity contribution in [3.05, 3.63) is 95.3 Å². The van der Waals surface area contributed by atoms with Gasteiger partial charge in [-0.25, -0.2) is 8.42 Å². The van der Waals surface area contributed by atoms with Gasteiger partial charge in [0.1, 0.15) is 0 Å². The van der Waals surface area contributed by atoms with Crippen molar-refractivity contribution in [1.82, 2.24) is 9.29 Å². The van der Waals surface area contributed by atoms with Crippen molar-refractivity contribution in [2.75, 3.05) is 0 Å². The van der Waals surface area contributed by atoms with Gasteiger partial charge in [-0.2, -0.15) is 4.31 Å². The molecule has 0 atom stereocenters. The summed E-state index contributed by atoms with van der Waals surface area (Å²) < 4.78 is 28.1. The molecule has 0 bridgehead atoms. The number of benzene rings is 2. The number of carbonyl (C=O) groups is 1. The molecule has 2 N–H and O–H groups in total. The molecule has 3 rings (SSSR count). The van der Waals surface area contributed by atoms with E-state index in [1.54, 1.807) is 18.5 Å². The minimum atomic E-state index is -3.80. The van der Waals surface area contributed by atoms with Crippen molar-refractivity contribution in [3.8, 4) is 0 Å². The number of aryl methyl sites for hydroxylation is 1. The Bertz CT molecular complexity index is 1060. The molecule has 29 heavy (non-hydrogen) atoms. The highest BCUT2D eigenvalue weighted by molar-refractivity contribution is 7.89. The van der Waals surface area contributed by atoms with E-state index in [2.05, 4.69) is 11.9 Å². The summed E-state index contributed by atoms with van der Waals surface area (Å²) in [5.74, 6) is -0.600. The van der Waals surface area contributed by atoms with Crippen molar-refractivity contribution in [3.63, 3.8) is 0 Å². The van der Waals surface area contributed by atoms with E-state index in [9.17, 15) is 13.2 Å². The fraction of sp³-hybridized carbons (Fsp3) is 0.182. The average molecular weight is 410 g/mol. The molecule has 0 spiro atoms. The minimum absolute atomic E-state index is 0.108. The number of aromatic nitrogens is 1. The number of rotatable bonds is 8. The van der Waals surface area contributed by atoms with Crippen molar-refractivity contribution in [2.45, 2.75) is 31.3 Å². The van der Waals surface area contributed by atoms with Crippen LogP contribution in [0.5, 0.6) is 0 Å². The van der Waals surface area contributed by atoms with Gasteiger partial charge < -0.3 is 5.73 Å². The van der Waals surface area contributed by atoms with Gasteiger partial charge in [0.05, 0.1) is 4.90 Å². The van der Waals surface area contributed by atoms with Crippen LogP contribution in [0.2, 0.25) is 0 Å². The molecule has 3 aromatic rings. The molecule has 7 heteroatoms. The van der Waals surface area contributed by atoms with Gasteiger partial charge in [0.2, 0.25) is 15.9 Å². The fourth-order valence-corrected chi connectivity index (χ4v) is 4.36. The summed E-state index contributed by atoms with van der Waals surface area (Å²) in [6, 6.07) is 17.2. The van der Waals surface area contributed by atoms with Crippen LogP contribution in [0.4, 0.5) is 0 Å². The molecule has 0 aliphatic rings. The summed E-state index contributed by atoms with van der Waals surface area (Å²) in [6.07, 6.45) is 4.22. The zero-order valence-electron chi connectivity index (χ0n) is 16.2. The minimum Gasteiger partial charge on any atom is -0.366 e. The molecular formula is C22H23N3O3S. The molecule has 0 fully saturated rings. The second-order valence-electron chi connectivity index (χ2n) is 6.69. The molecule has 1 aromatic heterocycles. The molecule has 0 unspecified atom stereocenters. The van der Waals surface area contributed by atoms with Crippen molar-refractivity contribution in [2.24, 2.45) is 5.73 Å². The summed E-state index contributed by atoms with van der Waals surface area (Å²) in [5.41, 5.74) is 8.39. The zero-order valence-corrected chi connectivity index (χ0v) is 17.0.